The Bertz CT molecular complexity index is 1320. The molecule has 1 unspecified atom stereocenters. The van der Waals surface area contributed by atoms with Crippen LogP contribution >= 0.6 is 0 Å². The van der Waals surface area contributed by atoms with Crippen molar-refractivity contribution in [2.45, 2.75) is 57.3 Å². The largest absolute Gasteiger partial charge is 0.454 e. The summed E-state index contributed by atoms with van der Waals surface area (Å²) in [7, 11) is 0. The molecule has 0 saturated carbocycles. The predicted octanol–water partition coefficient (Wildman–Crippen LogP) is 1.62. The van der Waals surface area contributed by atoms with E-state index in [1.807, 2.05) is 6.08 Å². The maximum absolute atomic E-state index is 13.6. The number of allylic oxidation sites excluding steroid dienone is 2. The van der Waals surface area contributed by atoms with Crippen molar-refractivity contribution in [1.29, 1.82) is 0 Å². The number of likely N-dealkylation sites (tertiary alicyclic amines) is 1. The number of aldehydes is 1. The van der Waals surface area contributed by atoms with Crippen LogP contribution in [0.25, 0.3) is 0 Å². The van der Waals surface area contributed by atoms with Gasteiger partial charge in [-0.15, -0.1) is 0 Å². The summed E-state index contributed by atoms with van der Waals surface area (Å²) >= 11 is 0. The molecule has 0 N–H and O–H groups in total. The Morgan fingerprint density at radius 1 is 1.14 bits per heavy atom. The van der Waals surface area contributed by atoms with Gasteiger partial charge in [0.25, 0.3) is 0 Å². The van der Waals surface area contributed by atoms with Crippen LogP contribution in [0, 0.1) is 0 Å². The average molecular weight is 485 g/mol. The van der Waals surface area contributed by atoms with E-state index in [0.29, 0.717) is 49.3 Å². The molecule has 0 radical (unpaired) electrons. The number of benzene rings is 1. The van der Waals surface area contributed by atoms with Gasteiger partial charge in [-0.25, -0.2) is 28.3 Å². The van der Waals surface area contributed by atoms with E-state index in [-0.39, 0.29) is 13.3 Å². The number of ether oxygens (including phenoxy) is 3. The summed E-state index contributed by atoms with van der Waals surface area (Å²) in [5.74, 6) is 1.16. The second kappa shape index (κ2) is 8.17. The summed E-state index contributed by atoms with van der Waals surface area (Å²) in [5, 5.41) is 0. The quantitative estimate of drug-likeness (QED) is 0.480. The summed E-state index contributed by atoms with van der Waals surface area (Å²) in [6.07, 6.45) is 4.51. The number of piperidine rings is 1. The Kier molecular flexibility index (Phi) is 5.37. The number of hydrogen-bond donors (Lipinski definition) is 0. The molecule has 3 aliphatic rings. The van der Waals surface area contributed by atoms with Crippen LogP contribution in [0.15, 0.2) is 39.9 Å². The molecule has 1 amide bonds. The third-order valence-corrected chi connectivity index (χ3v) is 6.56. The van der Waals surface area contributed by atoms with Crippen LogP contribution in [0.1, 0.15) is 45.2 Å². The molecule has 4 heterocycles. The maximum atomic E-state index is 13.6. The Morgan fingerprint density at radius 2 is 1.86 bits per heavy atom. The number of carbonyl (C=O) groups excluding carboxylic acids is 2. The number of fused-ring (bicyclic) bond motifs is 3. The summed E-state index contributed by atoms with van der Waals surface area (Å²) < 4.78 is 20.0. The predicted molar refractivity (Wildman–Crippen MR) is 124 cm³/mol. The molecule has 1 saturated heterocycles. The molecule has 5 rings (SSSR count). The highest BCUT2D eigenvalue weighted by Crippen LogP contribution is 2.35. The van der Waals surface area contributed by atoms with Crippen LogP contribution in [0.5, 0.6) is 11.5 Å². The van der Waals surface area contributed by atoms with Gasteiger partial charge < -0.3 is 23.9 Å². The van der Waals surface area contributed by atoms with Crippen molar-refractivity contribution in [3.8, 4) is 11.5 Å². The lowest BCUT2D eigenvalue weighted by molar-refractivity contribution is -0.110. The minimum absolute atomic E-state index is 0.0208. The molecular formula is C24H28N4O7. The highest BCUT2D eigenvalue weighted by Gasteiger charge is 2.43. The number of carbonyl (C=O) groups is 2. The van der Waals surface area contributed by atoms with Gasteiger partial charge in [0, 0.05) is 13.1 Å². The Labute approximate surface area is 201 Å². The fraction of sp³-hybridized carbons (Fsp3) is 0.500. The van der Waals surface area contributed by atoms with Crippen molar-refractivity contribution < 1.29 is 23.8 Å². The SMILES string of the molecule is CC(C)(C)OC(=O)N1CCC2(C=CC(C=O)n3c(=O)n(Cc4ccc5c(c4)OCO5)c(=O)n32)CC1. The van der Waals surface area contributed by atoms with E-state index in [1.54, 1.807) is 49.9 Å². The van der Waals surface area contributed by atoms with Crippen molar-refractivity contribution in [3.05, 3.63) is 56.9 Å². The number of nitrogens with zero attached hydrogens (tertiary/aromatic N) is 4. The van der Waals surface area contributed by atoms with Gasteiger partial charge in [-0.05, 0) is 51.3 Å². The first-order valence-electron chi connectivity index (χ1n) is 11.6. The molecule has 35 heavy (non-hydrogen) atoms. The highest BCUT2D eigenvalue weighted by atomic mass is 16.7. The zero-order valence-electron chi connectivity index (χ0n) is 19.9. The average Bonchev–Trinajstić information content (AvgIpc) is 3.37. The molecule has 11 heteroatoms. The van der Waals surface area contributed by atoms with Crippen molar-refractivity contribution in [3.63, 3.8) is 0 Å². The first-order valence-corrected chi connectivity index (χ1v) is 11.6. The second-order valence-electron chi connectivity index (χ2n) is 10.1. The minimum atomic E-state index is -0.886. The first-order chi connectivity index (χ1) is 16.6. The summed E-state index contributed by atoms with van der Waals surface area (Å²) in [6.45, 7) is 6.26. The molecule has 11 nitrogen and oxygen atoms in total. The van der Waals surface area contributed by atoms with Gasteiger partial charge in [0.05, 0.1) is 12.1 Å². The molecule has 186 valence electrons. The Hall–Kier alpha value is -3.76. The van der Waals surface area contributed by atoms with E-state index < -0.39 is 34.7 Å². The summed E-state index contributed by atoms with van der Waals surface area (Å²) in [4.78, 5) is 52.9. The Balaban J connectivity index is 1.47. The van der Waals surface area contributed by atoms with E-state index in [4.69, 9.17) is 14.2 Å². The smallest absolute Gasteiger partial charge is 0.410 e. The van der Waals surface area contributed by atoms with Gasteiger partial charge in [0.2, 0.25) is 6.79 Å². The lowest BCUT2D eigenvalue weighted by Gasteiger charge is -2.43. The standard InChI is InChI=1S/C24H28N4O7/c1-23(2,3)35-22(32)25-10-8-24(9-11-25)7-6-17(14-29)27-20(30)26(21(31)28(24)27)13-16-4-5-18-19(12-16)34-15-33-18/h4-7,12,14,17H,8-11,13,15H2,1-3H3. The van der Waals surface area contributed by atoms with Crippen molar-refractivity contribution in [2.75, 3.05) is 19.9 Å². The number of rotatable bonds is 3. The number of hydrogen-bond acceptors (Lipinski definition) is 7. The lowest BCUT2D eigenvalue weighted by Crippen LogP contribution is -2.54. The van der Waals surface area contributed by atoms with Crippen molar-refractivity contribution >= 4 is 12.4 Å². The fourth-order valence-electron chi connectivity index (χ4n) is 4.83. The number of aromatic nitrogens is 3. The van der Waals surface area contributed by atoms with Gasteiger partial charge in [0.1, 0.15) is 17.9 Å². The van der Waals surface area contributed by atoms with Crippen LogP contribution in [-0.2, 0) is 21.6 Å². The third kappa shape index (κ3) is 3.94. The van der Waals surface area contributed by atoms with E-state index >= 15 is 0 Å². The second-order valence-corrected chi connectivity index (χ2v) is 10.1. The Morgan fingerprint density at radius 3 is 2.54 bits per heavy atom. The summed E-state index contributed by atoms with van der Waals surface area (Å²) in [5.41, 5.74) is -1.81. The molecular weight excluding hydrogens is 456 g/mol. The van der Waals surface area contributed by atoms with Gasteiger partial charge in [-0.3, -0.25) is 0 Å². The molecule has 0 aliphatic carbocycles. The maximum Gasteiger partial charge on any atom is 0.410 e. The van der Waals surface area contributed by atoms with Gasteiger partial charge in [0.15, 0.2) is 11.5 Å². The topological polar surface area (TPSA) is 114 Å². The molecule has 1 fully saturated rings. The lowest BCUT2D eigenvalue weighted by atomic mass is 9.86. The molecule has 1 atom stereocenters. The van der Waals surface area contributed by atoms with Crippen LogP contribution < -0.4 is 20.9 Å². The zero-order valence-corrected chi connectivity index (χ0v) is 19.9. The van der Waals surface area contributed by atoms with Crippen molar-refractivity contribution in [2.24, 2.45) is 0 Å². The van der Waals surface area contributed by atoms with Crippen LogP contribution in [0.4, 0.5) is 4.79 Å². The normalized spacial score (nSPS) is 20.1. The molecule has 1 spiro atoms. The third-order valence-electron chi connectivity index (χ3n) is 6.56. The van der Waals surface area contributed by atoms with Crippen molar-refractivity contribution in [1.82, 2.24) is 18.8 Å². The monoisotopic (exact) mass is 484 g/mol. The molecule has 2 aromatic rings. The van der Waals surface area contributed by atoms with Crippen LogP contribution in [0.2, 0.25) is 0 Å². The molecule has 3 aliphatic heterocycles. The molecule has 1 aromatic heterocycles. The summed E-state index contributed by atoms with van der Waals surface area (Å²) in [6, 6.07) is 4.36. The first kappa shape index (κ1) is 23.0. The molecule has 1 aromatic carbocycles. The van der Waals surface area contributed by atoms with Crippen LogP contribution in [-0.4, -0.2) is 56.7 Å². The zero-order chi connectivity index (χ0) is 25.0. The highest BCUT2D eigenvalue weighted by molar-refractivity contribution is 5.68. The van der Waals surface area contributed by atoms with E-state index in [0.717, 1.165) is 4.57 Å². The minimum Gasteiger partial charge on any atom is -0.454 e. The van der Waals surface area contributed by atoms with Gasteiger partial charge in [-0.2, -0.15) is 0 Å². The van der Waals surface area contributed by atoms with Gasteiger partial charge >= 0.3 is 17.5 Å². The fourth-order valence-corrected chi connectivity index (χ4v) is 4.83. The van der Waals surface area contributed by atoms with E-state index in [1.165, 1.54) is 9.36 Å². The molecule has 0 bridgehead atoms. The van der Waals surface area contributed by atoms with E-state index in [9.17, 15) is 19.2 Å². The number of amides is 1. The van der Waals surface area contributed by atoms with Crippen LogP contribution in [0.3, 0.4) is 0 Å². The van der Waals surface area contributed by atoms with Gasteiger partial charge in [-0.1, -0.05) is 18.2 Å². The van der Waals surface area contributed by atoms with E-state index in [2.05, 4.69) is 0 Å².